The highest BCUT2D eigenvalue weighted by atomic mass is 35.5. The number of halogens is 2. The Kier molecular flexibility index (Phi) is 4.47. The van der Waals surface area contributed by atoms with E-state index >= 15 is 0 Å². The molecular formula is C14H15ClFN3. The van der Waals surface area contributed by atoms with E-state index in [-0.39, 0.29) is 11.1 Å². The van der Waals surface area contributed by atoms with Crippen molar-refractivity contribution in [3.63, 3.8) is 0 Å². The van der Waals surface area contributed by atoms with Crippen LogP contribution in [0.3, 0.4) is 0 Å². The van der Waals surface area contributed by atoms with E-state index in [1.165, 1.54) is 6.07 Å². The summed E-state index contributed by atoms with van der Waals surface area (Å²) in [5, 5.41) is 0.124. The van der Waals surface area contributed by atoms with Gasteiger partial charge in [-0.3, -0.25) is 16.3 Å². The van der Waals surface area contributed by atoms with Crippen LogP contribution in [0.5, 0.6) is 0 Å². The van der Waals surface area contributed by atoms with Crippen LogP contribution in [0.4, 0.5) is 4.39 Å². The molecule has 100 valence electrons. The molecule has 1 aromatic carbocycles. The van der Waals surface area contributed by atoms with E-state index < -0.39 is 5.82 Å². The van der Waals surface area contributed by atoms with Crippen LogP contribution in [-0.4, -0.2) is 4.98 Å². The van der Waals surface area contributed by atoms with E-state index in [2.05, 4.69) is 10.4 Å². The molecule has 2 rings (SSSR count). The van der Waals surface area contributed by atoms with Gasteiger partial charge in [-0.15, -0.1) is 0 Å². The predicted molar refractivity (Wildman–Crippen MR) is 74.2 cm³/mol. The number of aryl methyl sites for hydroxylation is 1. The molecule has 0 saturated carbocycles. The molecule has 0 aliphatic rings. The van der Waals surface area contributed by atoms with Crippen LogP contribution in [0.1, 0.15) is 22.7 Å². The Morgan fingerprint density at radius 1 is 1.42 bits per heavy atom. The third-order valence-electron chi connectivity index (χ3n) is 3.08. The number of pyridine rings is 1. The van der Waals surface area contributed by atoms with Gasteiger partial charge in [-0.25, -0.2) is 4.39 Å². The number of benzene rings is 1. The topological polar surface area (TPSA) is 50.9 Å². The van der Waals surface area contributed by atoms with Crippen molar-refractivity contribution in [3.05, 3.63) is 64.2 Å². The van der Waals surface area contributed by atoms with Gasteiger partial charge in [-0.1, -0.05) is 17.7 Å². The van der Waals surface area contributed by atoms with Crippen LogP contribution >= 0.6 is 11.6 Å². The molecule has 0 aliphatic heterocycles. The molecule has 3 N–H and O–H groups in total. The summed E-state index contributed by atoms with van der Waals surface area (Å²) in [6.45, 7) is 1.99. The quantitative estimate of drug-likeness (QED) is 0.668. The maximum absolute atomic E-state index is 13.4. The first-order chi connectivity index (χ1) is 9.11. The van der Waals surface area contributed by atoms with Gasteiger partial charge < -0.3 is 0 Å². The predicted octanol–water partition coefficient (Wildman–Crippen LogP) is 2.93. The Bertz CT molecular complexity index is 574. The highest BCUT2D eigenvalue weighted by Gasteiger charge is 2.14. The second-order valence-electron chi connectivity index (χ2n) is 4.40. The average Bonchev–Trinajstić information content (AvgIpc) is 2.41. The van der Waals surface area contributed by atoms with Crippen molar-refractivity contribution in [1.82, 2.24) is 10.4 Å². The monoisotopic (exact) mass is 279 g/mol. The van der Waals surface area contributed by atoms with Crippen molar-refractivity contribution in [2.24, 2.45) is 5.84 Å². The molecule has 1 aromatic heterocycles. The Morgan fingerprint density at radius 3 is 2.84 bits per heavy atom. The number of nitrogens with two attached hydrogens (primary N) is 1. The van der Waals surface area contributed by atoms with Crippen molar-refractivity contribution in [2.45, 2.75) is 19.4 Å². The van der Waals surface area contributed by atoms with Gasteiger partial charge in [0.25, 0.3) is 0 Å². The van der Waals surface area contributed by atoms with Gasteiger partial charge in [0.15, 0.2) is 0 Å². The highest BCUT2D eigenvalue weighted by molar-refractivity contribution is 6.30. The fourth-order valence-corrected chi connectivity index (χ4v) is 2.12. The molecule has 1 atom stereocenters. The second-order valence-corrected chi connectivity index (χ2v) is 4.81. The van der Waals surface area contributed by atoms with Crippen LogP contribution in [-0.2, 0) is 6.42 Å². The van der Waals surface area contributed by atoms with E-state index in [4.69, 9.17) is 17.4 Å². The van der Waals surface area contributed by atoms with Crippen LogP contribution in [0.15, 0.2) is 36.7 Å². The van der Waals surface area contributed by atoms with Gasteiger partial charge in [-0.05, 0) is 48.2 Å². The van der Waals surface area contributed by atoms with Gasteiger partial charge in [0.1, 0.15) is 5.82 Å². The molecular weight excluding hydrogens is 265 g/mol. The number of hydrogen-bond acceptors (Lipinski definition) is 3. The molecule has 3 nitrogen and oxygen atoms in total. The van der Waals surface area contributed by atoms with Crippen LogP contribution in [0.2, 0.25) is 5.02 Å². The Hall–Kier alpha value is -1.49. The Labute approximate surface area is 116 Å². The van der Waals surface area contributed by atoms with Gasteiger partial charge in [0.05, 0.1) is 11.1 Å². The van der Waals surface area contributed by atoms with Crippen LogP contribution in [0.25, 0.3) is 0 Å². The molecule has 1 unspecified atom stereocenters. The summed E-state index contributed by atoms with van der Waals surface area (Å²) < 4.78 is 13.4. The first kappa shape index (κ1) is 13.9. The molecule has 2 aromatic rings. The standard InChI is InChI=1S/C14H15ClFN3/c1-9-4-5-18-8-11(9)14(19-17)7-10-2-3-12(15)13(16)6-10/h2-6,8,14,19H,7,17H2,1H3. The van der Waals surface area contributed by atoms with Crippen molar-refractivity contribution >= 4 is 11.6 Å². The zero-order valence-corrected chi connectivity index (χ0v) is 11.3. The first-order valence-electron chi connectivity index (χ1n) is 5.92. The SMILES string of the molecule is Cc1ccncc1C(Cc1ccc(Cl)c(F)c1)NN. The number of rotatable bonds is 4. The minimum absolute atomic E-state index is 0.116. The van der Waals surface area contributed by atoms with Crippen LogP contribution < -0.4 is 11.3 Å². The molecule has 0 radical (unpaired) electrons. The summed E-state index contributed by atoms with van der Waals surface area (Å²) in [6.07, 6.45) is 4.07. The van der Waals surface area contributed by atoms with Gasteiger partial charge in [0.2, 0.25) is 0 Å². The lowest BCUT2D eigenvalue weighted by Gasteiger charge is -2.18. The molecule has 0 saturated heterocycles. The van der Waals surface area contributed by atoms with Gasteiger partial charge in [0, 0.05) is 12.4 Å². The van der Waals surface area contributed by atoms with Crippen molar-refractivity contribution < 1.29 is 4.39 Å². The van der Waals surface area contributed by atoms with Crippen LogP contribution in [0, 0.1) is 12.7 Å². The lowest BCUT2D eigenvalue weighted by atomic mass is 9.97. The number of nitrogens with zero attached hydrogens (tertiary/aromatic N) is 1. The minimum atomic E-state index is -0.419. The summed E-state index contributed by atoms with van der Waals surface area (Å²) in [5.41, 5.74) is 5.66. The zero-order valence-electron chi connectivity index (χ0n) is 10.5. The van der Waals surface area contributed by atoms with E-state index in [0.717, 1.165) is 16.7 Å². The lowest BCUT2D eigenvalue weighted by Crippen LogP contribution is -2.30. The molecule has 19 heavy (non-hydrogen) atoms. The molecule has 1 heterocycles. The summed E-state index contributed by atoms with van der Waals surface area (Å²) in [7, 11) is 0. The van der Waals surface area contributed by atoms with E-state index in [9.17, 15) is 4.39 Å². The fourth-order valence-electron chi connectivity index (χ4n) is 2.00. The van der Waals surface area contributed by atoms with E-state index in [1.54, 1.807) is 24.5 Å². The van der Waals surface area contributed by atoms with Gasteiger partial charge in [-0.2, -0.15) is 0 Å². The number of nitrogens with one attached hydrogen (secondary N) is 1. The molecule has 0 fully saturated rings. The summed E-state index contributed by atoms with van der Waals surface area (Å²) in [6, 6.07) is 6.58. The number of hydrazine groups is 1. The Balaban J connectivity index is 2.24. The maximum atomic E-state index is 13.4. The fraction of sp³-hybridized carbons (Fsp3) is 0.214. The molecule has 0 bridgehead atoms. The van der Waals surface area contributed by atoms with Gasteiger partial charge >= 0.3 is 0 Å². The third kappa shape index (κ3) is 3.29. The normalized spacial score (nSPS) is 12.4. The molecule has 5 heteroatoms. The first-order valence-corrected chi connectivity index (χ1v) is 6.30. The highest BCUT2D eigenvalue weighted by Crippen LogP contribution is 2.22. The average molecular weight is 280 g/mol. The van der Waals surface area contributed by atoms with Crippen molar-refractivity contribution in [3.8, 4) is 0 Å². The number of aromatic nitrogens is 1. The summed E-state index contributed by atoms with van der Waals surface area (Å²) in [5.74, 6) is 5.17. The lowest BCUT2D eigenvalue weighted by molar-refractivity contribution is 0.544. The van der Waals surface area contributed by atoms with Crippen molar-refractivity contribution in [1.29, 1.82) is 0 Å². The molecule has 0 spiro atoms. The largest absolute Gasteiger partial charge is 0.271 e. The second kappa shape index (κ2) is 6.10. The summed E-state index contributed by atoms with van der Waals surface area (Å²) in [4.78, 5) is 4.10. The zero-order chi connectivity index (χ0) is 13.8. The summed E-state index contributed by atoms with van der Waals surface area (Å²) >= 11 is 5.67. The third-order valence-corrected chi connectivity index (χ3v) is 3.39. The van der Waals surface area contributed by atoms with E-state index in [0.29, 0.717) is 6.42 Å². The minimum Gasteiger partial charge on any atom is -0.271 e. The smallest absolute Gasteiger partial charge is 0.142 e. The molecule has 0 amide bonds. The van der Waals surface area contributed by atoms with Crippen molar-refractivity contribution in [2.75, 3.05) is 0 Å². The Morgan fingerprint density at radius 2 is 2.21 bits per heavy atom. The molecule has 0 aliphatic carbocycles. The van der Waals surface area contributed by atoms with E-state index in [1.807, 2.05) is 13.0 Å². The maximum Gasteiger partial charge on any atom is 0.142 e. The number of hydrogen-bond donors (Lipinski definition) is 2.